The summed E-state index contributed by atoms with van der Waals surface area (Å²) in [6, 6.07) is 3.97. The summed E-state index contributed by atoms with van der Waals surface area (Å²) in [5, 5.41) is 3.06. The van der Waals surface area contributed by atoms with Gasteiger partial charge in [0.25, 0.3) is 0 Å². The van der Waals surface area contributed by atoms with Crippen molar-refractivity contribution in [1.82, 2.24) is 0 Å². The molecule has 0 saturated carbocycles. The predicted molar refractivity (Wildman–Crippen MR) is 51.7 cm³/mol. The summed E-state index contributed by atoms with van der Waals surface area (Å²) >= 11 is 0. The third-order valence-electron chi connectivity index (χ3n) is 1.89. The lowest BCUT2D eigenvalue weighted by atomic mass is 10.1. The van der Waals surface area contributed by atoms with Crippen molar-refractivity contribution in [3.63, 3.8) is 0 Å². The van der Waals surface area contributed by atoms with E-state index in [2.05, 4.69) is 10.2 Å². The highest BCUT2D eigenvalue weighted by molar-refractivity contribution is 5.64. The molecule has 0 bridgehead atoms. The summed E-state index contributed by atoms with van der Waals surface area (Å²) in [4.78, 5) is 3.47. The first-order chi connectivity index (χ1) is 5.69. The number of benzene rings is 1. The fraction of sp³-hybridized carbons (Fsp3) is 0.300. The molecule has 0 amide bonds. The highest BCUT2D eigenvalue weighted by atomic mass is 14.8. The Hall–Kier alpha value is -1.49. The maximum Gasteiger partial charge on any atom is 0.193 e. The minimum absolute atomic E-state index is 0.772. The van der Waals surface area contributed by atoms with Crippen molar-refractivity contribution < 1.29 is 0 Å². The zero-order chi connectivity index (χ0) is 9.14. The van der Waals surface area contributed by atoms with Crippen LogP contribution >= 0.6 is 0 Å². The van der Waals surface area contributed by atoms with Crippen LogP contribution in [0.4, 0.5) is 11.4 Å². The molecule has 1 N–H and O–H groups in total. The second-order valence-corrected chi connectivity index (χ2v) is 2.82. The van der Waals surface area contributed by atoms with Crippen LogP contribution in [0.5, 0.6) is 0 Å². The van der Waals surface area contributed by atoms with E-state index in [0.717, 1.165) is 22.5 Å². The van der Waals surface area contributed by atoms with Crippen LogP contribution in [0, 0.1) is 20.4 Å². The van der Waals surface area contributed by atoms with Crippen molar-refractivity contribution >= 4 is 11.4 Å². The van der Waals surface area contributed by atoms with Crippen LogP contribution in [-0.4, -0.2) is 7.05 Å². The van der Waals surface area contributed by atoms with Crippen LogP contribution in [0.1, 0.15) is 11.1 Å². The molecule has 0 atom stereocenters. The Morgan fingerprint density at radius 2 is 1.75 bits per heavy atom. The molecule has 1 aromatic carbocycles. The van der Waals surface area contributed by atoms with Gasteiger partial charge in [-0.1, -0.05) is 0 Å². The zero-order valence-electron chi connectivity index (χ0n) is 7.60. The van der Waals surface area contributed by atoms with Crippen LogP contribution in [0.25, 0.3) is 4.85 Å². The van der Waals surface area contributed by atoms with Crippen LogP contribution < -0.4 is 5.32 Å². The summed E-state index contributed by atoms with van der Waals surface area (Å²) in [7, 11) is 1.88. The van der Waals surface area contributed by atoms with E-state index in [9.17, 15) is 0 Å². The Bertz CT molecular complexity index is 311. The van der Waals surface area contributed by atoms with Gasteiger partial charge in [-0.2, -0.15) is 0 Å². The maximum absolute atomic E-state index is 6.96. The lowest BCUT2D eigenvalue weighted by molar-refractivity contribution is 1.38. The summed E-state index contributed by atoms with van der Waals surface area (Å²) in [5.41, 5.74) is 3.91. The molecule has 2 heteroatoms. The second kappa shape index (κ2) is 3.27. The monoisotopic (exact) mass is 160 g/mol. The van der Waals surface area contributed by atoms with Crippen LogP contribution in [0.15, 0.2) is 12.1 Å². The highest BCUT2D eigenvalue weighted by Gasteiger charge is 2.02. The van der Waals surface area contributed by atoms with Gasteiger partial charge in [0.15, 0.2) is 5.69 Å². The van der Waals surface area contributed by atoms with E-state index in [0.29, 0.717) is 0 Å². The standard InChI is InChI=1S/C10H12N2/c1-7-5-9(11-3)6-8(2)10(7)12-4/h5-6,11H,1-3H3. The van der Waals surface area contributed by atoms with Gasteiger partial charge in [0, 0.05) is 12.7 Å². The Labute approximate surface area is 73.0 Å². The van der Waals surface area contributed by atoms with E-state index in [-0.39, 0.29) is 0 Å². The van der Waals surface area contributed by atoms with Gasteiger partial charge in [0.1, 0.15) is 0 Å². The molecule has 0 saturated heterocycles. The molecular formula is C10H12N2. The molecule has 0 spiro atoms. The quantitative estimate of drug-likeness (QED) is 0.625. The molecule has 12 heavy (non-hydrogen) atoms. The van der Waals surface area contributed by atoms with Crippen LogP contribution in [0.3, 0.4) is 0 Å². The normalized spacial score (nSPS) is 9.17. The van der Waals surface area contributed by atoms with Gasteiger partial charge in [-0.25, -0.2) is 4.85 Å². The van der Waals surface area contributed by atoms with Crippen molar-refractivity contribution in [3.05, 3.63) is 34.7 Å². The second-order valence-electron chi connectivity index (χ2n) is 2.82. The lowest BCUT2D eigenvalue weighted by Gasteiger charge is -2.06. The molecule has 2 nitrogen and oxygen atoms in total. The summed E-state index contributed by atoms with van der Waals surface area (Å²) < 4.78 is 0. The SMILES string of the molecule is [C-]#[N+]c1c(C)cc(NC)cc1C. The molecule has 0 aliphatic heterocycles. The van der Waals surface area contributed by atoms with Crippen LogP contribution in [0.2, 0.25) is 0 Å². The average molecular weight is 160 g/mol. The molecule has 0 aromatic heterocycles. The number of anilines is 1. The summed E-state index contributed by atoms with van der Waals surface area (Å²) in [6.07, 6.45) is 0. The molecule has 62 valence electrons. The molecule has 0 aliphatic carbocycles. The van der Waals surface area contributed by atoms with Gasteiger partial charge < -0.3 is 5.32 Å². The van der Waals surface area contributed by atoms with E-state index in [1.54, 1.807) is 0 Å². The van der Waals surface area contributed by atoms with Crippen molar-refractivity contribution in [2.24, 2.45) is 0 Å². The van der Waals surface area contributed by atoms with Gasteiger partial charge >= 0.3 is 0 Å². The first kappa shape index (κ1) is 8.61. The number of hydrogen-bond acceptors (Lipinski definition) is 1. The smallest absolute Gasteiger partial charge is 0.193 e. The number of nitrogens with zero attached hydrogens (tertiary/aromatic N) is 1. The largest absolute Gasteiger partial charge is 0.388 e. The fourth-order valence-electron chi connectivity index (χ4n) is 1.28. The van der Waals surface area contributed by atoms with Crippen molar-refractivity contribution in [3.8, 4) is 0 Å². The third kappa shape index (κ3) is 1.40. The summed E-state index contributed by atoms with van der Waals surface area (Å²) in [6.45, 7) is 10.9. The number of rotatable bonds is 1. The minimum atomic E-state index is 0.772. The molecule has 1 rings (SSSR count). The van der Waals surface area contributed by atoms with E-state index in [1.165, 1.54) is 0 Å². The Balaban J connectivity index is 3.30. The molecular weight excluding hydrogens is 148 g/mol. The maximum atomic E-state index is 6.96. The summed E-state index contributed by atoms with van der Waals surface area (Å²) in [5.74, 6) is 0. The molecule has 0 heterocycles. The van der Waals surface area contributed by atoms with Crippen molar-refractivity contribution in [2.45, 2.75) is 13.8 Å². The van der Waals surface area contributed by atoms with E-state index in [1.807, 2.05) is 33.0 Å². The van der Waals surface area contributed by atoms with Gasteiger partial charge in [-0.3, -0.25) is 0 Å². The predicted octanol–water partition coefficient (Wildman–Crippen LogP) is 2.90. The number of aryl methyl sites for hydroxylation is 2. The van der Waals surface area contributed by atoms with Crippen LogP contribution in [-0.2, 0) is 0 Å². The van der Waals surface area contributed by atoms with Crippen molar-refractivity contribution in [1.29, 1.82) is 0 Å². The van der Waals surface area contributed by atoms with Gasteiger partial charge in [-0.15, -0.1) is 0 Å². The Morgan fingerprint density at radius 3 is 2.08 bits per heavy atom. The molecule has 0 radical (unpaired) electrons. The first-order valence-electron chi connectivity index (χ1n) is 3.85. The molecule has 0 fully saturated rings. The molecule has 0 aliphatic rings. The van der Waals surface area contributed by atoms with E-state index in [4.69, 9.17) is 6.57 Å². The Morgan fingerprint density at radius 1 is 1.25 bits per heavy atom. The van der Waals surface area contributed by atoms with E-state index >= 15 is 0 Å². The molecule has 0 unspecified atom stereocenters. The zero-order valence-corrected chi connectivity index (χ0v) is 7.60. The van der Waals surface area contributed by atoms with Gasteiger partial charge in [0.2, 0.25) is 0 Å². The van der Waals surface area contributed by atoms with Crippen molar-refractivity contribution in [2.75, 3.05) is 12.4 Å². The number of hydrogen-bond donors (Lipinski definition) is 1. The lowest BCUT2D eigenvalue weighted by Crippen LogP contribution is -1.89. The van der Waals surface area contributed by atoms with E-state index < -0.39 is 0 Å². The average Bonchev–Trinajstić information content (AvgIpc) is 2.03. The minimum Gasteiger partial charge on any atom is -0.388 e. The first-order valence-corrected chi connectivity index (χ1v) is 3.85. The Kier molecular flexibility index (Phi) is 2.35. The molecule has 1 aromatic rings. The van der Waals surface area contributed by atoms with Gasteiger partial charge in [-0.05, 0) is 37.1 Å². The fourth-order valence-corrected chi connectivity index (χ4v) is 1.28. The van der Waals surface area contributed by atoms with Gasteiger partial charge in [0.05, 0.1) is 6.57 Å². The highest BCUT2D eigenvalue weighted by Crippen LogP contribution is 2.26. The topological polar surface area (TPSA) is 16.4 Å². The number of nitrogens with one attached hydrogen (secondary N) is 1. The third-order valence-corrected chi connectivity index (χ3v) is 1.89.